The van der Waals surface area contributed by atoms with Crippen LogP contribution < -0.4 is 16.4 Å². The molecule has 0 bridgehead atoms. The lowest BCUT2D eigenvalue weighted by Gasteiger charge is -2.07. The average Bonchev–Trinajstić information content (AvgIpc) is 2.43. The molecule has 4 N–H and O–H groups in total. The number of hydrogen-bond donors (Lipinski definition) is 3. The number of nitrogens with one attached hydrogen (secondary N) is 2. The van der Waals surface area contributed by atoms with E-state index in [1.54, 1.807) is 25.1 Å². The predicted molar refractivity (Wildman–Crippen MR) is 77.8 cm³/mol. The lowest BCUT2D eigenvalue weighted by molar-refractivity contribution is -0.384. The minimum absolute atomic E-state index is 0.130. The van der Waals surface area contributed by atoms with E-state index in [0.717, 1.165) is 0 Å². The number of carbonyl (C=O) groups excluding carboxylic acids is 1. The first-order chi connectivity index (χ1) is 9.60. The minimum atomic E-state index is -0.516. The zero-order chi connectivity index (χ0) is 15.0. The topological polar surface area (TPSA) is 110 Å². The van der Waals surface area contributed by atoms with Crippen molar-refractivity contribution in [1.29, 1.82) is 0 Å². The molecule has 0 atom stereocenters. The van der Waals surface area contributed by atoms with Crippen molar-refractivity contribution in [3.63, 3.8) is 0 Å². The van der Waals surface area contributed by atoms with Crippen molar-refractivity contribution in [1.82, 2.24) is 5.32 Å². The fourth-order valence-corrected chi connectivity index (χ4v) is 1.58. The SMILES string of the molecule is CCNC(=O)c1ccc(NC/C=C/CN)c([N+](=O)[O-])c1. The molecule has 0 saturated carbocycles. The molecule has 1 aromatic rings. The van der Waals surface area contributed by atoms with Gasteiger partial charge in [-0.1, -0.05) is 12.2 Å². The van der Waals surface area contributed by atoms with E-state index in [1.165, 1.54) is 12.1 Å². The Bertz CT molecular complexity index is 514. The Balaban J connectivity index is 2.93. The van der Waals surface area contributed by atoms with Gasteiger partial charge in [-0.2, -0.15) is 0 Å². The van der Waals surface area contributed by atoms with Crippen LogP contribution in [0.15, 0.2) is 30.4 Å². The highest BCUT2D eigenvalue weighted by atomic mass is 16.6. The molecule has 0 aliphatic rings. The Hall–Kier alpha value is -2.41. The third kappa shape index (κ3) is 4.36. The molecule has 0 saturated heterocycles. The molecule has 0 radical (unpaired) electrons. The van der Waals surface area contributed by atoms with E-state index in [1.807, 2.05) is 0 Å². The third-order valence-electron chi connectivity index (χ3n) is 2.51. The number of nitrogens with two attached hydrogens (primary N) is 1. The molecule has 0 aromatic heterocycles. The van der Waals surface area contributed by atoms with Gasteiger partial charge in [-0.25, -0.2) is 0 Å². The standard InChI is InChI=1S/C13H18N4O3/c1-2-15-13(18)10-5-6-11(12(9-10)17(19)20)16-8-4-3-7-14/h3-6,9,16H,2,7-8,14H2,1H3,(H,15,18)/b4-3+. The Labute approximate surface area is 117 Å². The van der Waals surface area contributed by atoms with Gasteiger partial charge in [-0.3, -0.25) is 14.9 Å². The number of amides is 1. The van der Waals surface area contributed by atoms with Crippen LogP contribution in [-0.4, -0.2) is 30.5 Å². The highest BCUT2D eigenvalue weighted by Crippen LogP contribution is 2.25. The second-order valence-electron chi connectivity index (χ2n) is 3.94. The van der Waals surface area contributed by atoms with Gasteiger partial charge in [0, 0.05) is 31.3 Å². The van der Waals surface area contributed by atoms with Crippen molar-refractivity contribution in [2.45, 2.75) is 6.92 Å². The molecule has 1 aromatic carbocycles. The summed E-state index contributed by atoms with van der Waals surface area (Å²) in [5, 5.41) is 16.6. The van der Waals surface area contributed by atoms with Crippen LogP contribution >= 0.6 is 0 Å². The van der Waals surface area contributed by atoms with Crippen LogP contribution in [0.4, 0.5) is 11.4 Å². The van der Waals surface area contributed by atoms with Gasteiger partial charge < -0.3 is 16.4 Å². The summed E-state index contributed by atoms with van der Waals surface area (Å²) in [5.41, 5.74) is 5.80. The van der Waals surface area contributed by atoms with Gasteiger partial charge in [0.25, 0.3) is 11.6 Å². The number of carbonyl (C=O) groups is 1. The first-order valence-corrected chi connectivity index (χ1v) is 6.25. The fourth-order valence-electron chi connectivity index (χ4n) is 1.58. The molecule has 0 heterocycles. The van der Waals surface area contributed by atoms with E-state index in [9.17, 15) is 14.9 Å². The summed E-state index contributed by atoms with van der Waals surface area (Å²) in [6, 6.07) is 4.34. The van der Waals surface area contributed by atoms with Crippen molar-refractivity contribution in [2.75, 3.05) is 25.0 Å². The van der Waals surface area contributed by atoms with Gasteiger partial charge in [0.2, 0.25) is 0 Å². The van der Waals surface area contributed by atoms with E-state index in [2.05, 4.69) is 10.6 Å². The van der Waals surface area contributed by atoms with E-state index in [4.69, 9.17) is 5.73 Å². The maximum Gasteiger partial charge on any atom is 0.293 e. The third-order valence-corrected chi connectivity index (χ3v) is 2.51. The fraction of sp³-hybridized carbons (Fsp3) is 0.308. The zero-order valence-corrected chi connectivity index (χ0v) is 11.3. The summed E-state index contributed by atoms with van der Waals surface area (Å²) in [6.45, 7) is 3.10. The Kier molecular flexibility index (Phi) is 6.18. The summed E-state index contributed by atoms with van der Waals surface area (Å²) in [7, 11) is 0. The lowest BCUT2D eigenvalue weighted by Crippen LogP contribution is -2.22. The summed E-state index contributed by atoms with van der Waals surface area (Å²) in [6.07, 6.45) is 3.53. The van der Waals surface area contributed by atoms with Crippen molar-refractivity contribution in [3.8, 4) is 0 Å². The van der Waals surface area contributed by atoms with Gasteiger partial charge >= 0.3 is 0 Å². The quantitative estimate of drug-likeness (QED) is 0.395. The number of benzene rings is 1. The van der Waals surface area contributed by atoms with Crippen LogP contribution in [0.3, 0.4) is 0 Å². The molecule has 1 amide bonds. The number of rotatable bonds is 7. The molecule has 0 spiro atoms. The second-order valence-corrected chi connectivity index (χ2v) is 3.94. The Morgan fingerprint density at radius 1 is 1.45 bits per heavy atom. The van der Waals surface area contributed by atoms with E-state index < -0.39 is 4.92 Å². The molecule has 7 heteroatoms. The Morgan fingerprint density at radius 3 is 2.80 bits per heavy atom. The van der Waals surface area contributed by atoms with Crippen LogP contribution in [0.25, 0.3) is 0 Å². The molecule has 108 valence electrons. The minimum Gasteiger partial charge on any atom is -0.376 e. The van der Waals surface area contributed by atoms with Gasteiger partial charge in [0.05, 0.1) is 4.92 Å². The number of nitrogens with zero attached hydrogens (tertiary/aromatic N) is 1. The normalized spacial score (nSPS) is 10.5. The van der Waals surface area contributed by atoms with Crippen LogP contribution in [0.2, 0.25) is 0 Å². The molecule has 0 unspecified atom stereocenters. The van der Waals surface area contributed by atoms with Gasteiger partial charge in [-0.15, -0.1) is 0 Å². The Morgan fingerprint density at radius 2 is 2.20 bits per heavy atom. The maximum atomic E-state index is 11.7. The molecule has 0 fully saturated rings. The molecular formula is C13H18N4O3. The van der Waals surface area contributed by atoms with Crippen molar-refractivity contribution in [2.24, 2.45) is 5.73 Å². The highest BCUT2D eigenvalue weighted by molar-refractivity contribution is 5.95. The molecule has 20 heavy (non-hydrogen) atoms. The molecule has 7 nitrogen and oxygen atoms in total. The zero-order valence-electron chi connectivity index (χ0n) is 11.3. The molecule has 0 aliphatic heterocycles. The van der Waals surface area contributed by atoms with Crippen LogP contribution in [-0.2, 0) is 0 Å². The molecule has 1 rings (SSSR count). The average molecular weight is 278 g/mol. The van der Waals surface area contributed by atoms with Crippen LogP contribution in [0, 0.1) is 10.1 Å². The second kappa shape index (κ2) is 7.90. The molecule has 0 aliphatic carbocycles. The van der Waals surface area contributed by atoms with E-state index >= 15 is 0 Å². The lowest BCUT2D eigenvalue weighted by atomic mass is 10.1. The van der Waals surface area contributed by atoms with E-state index in [0.29, 0.717) is 25.3 Å². The number of nitro groups is 1. The highest BCUT2D eigenvalue weighted by Gasteiger charge is 2.16. The van der Waals surface area contributed by atoms with E-state index in [-0.39, 0.29) is 17.2 Å². The van der Waals surface area contributed by atoms with Gasteiger partial charge in [-0.05, 0) is 19.1 Å². The van der Waals surface area contributed by atoms with Crippen molar-refractivity contribution in [3.05, 3.63) is 46.0 Å². The largest absolute Gasteiger partial charge is 0.376 e. The number of nitro benzene ring substituents is 1. The first-order valence-electron chi connectivity index (χ1n) is 6.25. The van der Waals surface area contributed by atoms with Crippen molar-refractivity contribution >= 4 is 17.3 Å². The van der Waals surface area contributed by atoms with Crippen LogP contribution in [0.1, 0.15) is 17.3 Å². The summed E-state index contributed by atoms with van der Waals surface area (Å²) in [5.74, 6) is -0.329. The van der Waals surface area contributed by atoms with Crippen LogP contribution in [0.5, 0.6) is 0 Å². The van der Waals surface area contributed by atoms with Gasteiger partial charge in [0.1, 0.15) is 5.69 Å². The van der Waals surface area contributed by atoms with Crippen molar-refractivity contribution < 1.29 is 9.72 Å². The predicted octanol–water partition coefficient (Wildman–Crippen LogP) is 1.27. The maximum absolute atomic E-state index is 11.7. The first kappa shape index (κ1) is 15.6. The summed E-state index contributed by atoms with van der Waals surface area (Å²) < 4.78 is 0. The summed E-state index contributed by atoms with van der Waals surface area (Å²) in [4.78, 5) is 22.2. The number of anilines is 1. The summed E-state index contributed by atoms with van der Waals surface area (Å²) >= 11 is 0. The monoisotopic (exact) mass is 278 g/mol. The molecular weight excluding hydrogens is 260 g/mol. The smallest absolute Gasteiger partial charge is 0.293 e. The number of hydrogen-bond acceptors (Lipinski definition) is 5. The van der Waals surface area contributed by atoms with Gasteiger partial charge in [0.15, 0.2) is 0 Å².